The number of benzene rings is 3. The van der Waals surface area contributed by atoms with Gasteiger partial charge in [0.2, 0.25) is 0 Å². The first-order valence-corrected chi connectivity index (χ1v) is 9.33. The standard InChI is InChI=1S/C23H16ClFN2O2/c24-17-11-9-16(10-12-17)20-21(26-19-8-4-7-18(25)13-19)23(29)27(22(20)28)14-15-5-2-1-3-6-15/h1-13,26H,14H2. The SMILES string of the molecule is O=C1C(Nc2cccc(F)c2)=C(c2ccc(Cl)cc2)C(=O)N1Cc1ccccc1. The van der Waals surface area contributed by atoms with Gasteiger partial charge in [-0.25, -0.2) is 4.39 Å². The molecule has 1 heterocycles. The molecule has 1 aliphatic rings. The number of imide groups is 1. The highest BCUT2D eigenvalue weighted by atomic mass is 35.5. The average Bonchev–Trinajstić information content (AvgIpc) is 2.94. The minimum atomic E-state index is -0.465. The van der Waals surface area contributed by atoms with Crippen LogP contribution in [0.1, 0.15) is 11.1 Å². The maximum absolute atomic E-state index is 13.6. The molecule has 0 saturated heterocycles. The first-order chi connectivity index (χ1) is 14.0. The number of hydrogen-bond acceptors (Lipinski definition) is 3. The van der Waals surface area contributed by atoms with E-state index in [4.69, 9.17) is 11.6 Å². The van der Waals surface area contributed by atoms with Crippen molar-refractivity contribution in [1.82, 2.24) is 4.90 Å². The van der Waals surface area contributed by atoms with E-state index in [0.717, 1.165) is 5.56 Å². The highest BCUT2D eigenvalue weighted by molar-refractivity contribution is 6.36. The van der Waals surface area contributed by atoms with Gasteiger partial charge in [-0.15, -0.1) is 0 Å². The van der Waals surface area contributed by atoms with Gasteiger partial charge in [0.05, 0.1) is 12.1 Å². The summed E-state index contributed by atoms with van der Waals surface area (Å²) in [4.78, 5) is 27.5. The molecule has 6 heteroatoms. The molecule has 0 aromatic heterocycles. The lowest BCUT2D eigenvalue weighted by molar-refractivity contribution is -0.137. The Bertz CT molecular complexity index is 1110. The Balaban J connectivity index is 1.75. The molecule has 0 unspecified atom stereocenters. The van der Waals surface area contributed by atoms with Crippen LogP contribution in [0, 0.1) is 5.82 Å². The molecule has 0 saturated carbocycles. The van der Waals surface area contributed by atoms with Crippen molar-refractivity contribution in [2.24, 2.45) is 0 Å². The van der Waals surface area contributed by atoms with Gasteiger partial charge in [0, 0.05) is 10.7 Å². The number of carbonyl (C=O) groups is 2. The smallest absolute Gasteiger partial charge is 0.278 e. The molecule has 1 N–H and O–H groups in total. The summed E-state index contributed by atoms with van der Waals surface area (Å²) in [5.74, 6) is -1.32. The zero-order chi connectivity index (χ0) is 20.4. The first-order valence-electron chi connectivity index (χ1n) is 8.96. The summed E-state index contributed by atoms with van der Waals surface area (Å²) >= 11 is 5.97. The number of carbonyl (C=O) groups excluding carboxylic acids is 2. The monoisotopic (exact) mass is 406 g/mol. The molecule has 0 aliphatic carbocycles. The topological polar surface area (TPSA) is 49.4 Å². The second-order valence-electron chi connectivity index (χ2n) is 6.57. The summed E-state index contributed by atoms with van der Waals surface area (Å²) in [6.07, 6.45) is 0. The van der Waals surface area contributed by atoms with E-state index in [1.165, 1.54) is 23.1 Å². The van der Waals surface area contributed by atoms with E-state index in [1.807, 2.05) is 30.3 Å². The van der Waals surface area contributed by atoms with Crippen molar-refractivity contribution in [1.29, 1.82) is 0 Å². The molecule has 144 valence electrons. The van der Waals surface area contributed by atoms with Gasteiger partial charge >= 0.3 is 0 Å². The van der Waals surface area contributed by atoms with Crippen LogP contribution >= 0.6 is 11.6 Å². The lowest BCUT2D eigenvalue weighted by Gasteiger charge is -2.15. The van der Waals surface area contributed by atoms with Gasteiger partial charge in [-0.3, -0.25) is 14.5 Å². The van der Waals surface area contributed by atoms with Gasteiger partial charge < -0.3 is 5.32 Å². The third kappa shape index (κ3) is 3.91. The van der Waals surface area contributed by atoms with Crippen molar-refractivity contribution in [2.45, 2.75) is 6.54 Å². The lowest BCUT2D eigenvalue weighted by Crippen LogP contribution is -2.31. The summed E-state index contributed by atoms with van der Waals surface area (Å²) in [6.45, 7) is 0.143. The predicted molar refractivity (Wildman–Crippen MR) is 110 cm³/mol. The summed E-state index contributed by atoms with van der Waals surface area (Å²) in [7, 11) is 0. The number of hydrogen-bond donors (Lipinski definition) is 1. The Labute approximate surface area is 172 Å². The van der Waals surface area contributed by atoms with Crippen molar-refractivity contribution in [3.8, 4) is 0 Å². The fourth-order valence-electron chi connectivity index (χ4n) is 3.20. The second-order valence-corrected chi connectivity index (χ2v) is 7.01. The summed E-state index contributed by atoms with van der Waals surface area (Å²) in [6, 6.07) is 21.7. The van der Waals surface area contributed by atoms with E-state index in [0.29, 0.717) is 16.3 Å². The van der Waals surface area contributed by atoms with Gasteiger partial charge in [-0.2, -0.15) is 0 Å². The zero-order valence-electron chi connectivity index (χ0n) is 15.2. The number of nitrogens with zero attached hydrogens (tertiary/aromatic N) is 1. The summed E-state index contributed by atoms with van der Waals surface area (Å²) in [5, 5.41) is 3.46. The molecule has 0 spiro atoms. The van der Waals surface area contributed by atoms with Crippen LogP contribution in [-0.4, -0.2) is 16.7 Å². The fraction of sp³-hybridized carbons (Fsp3) is 0.0435. The highest BCUT2D eigenvalue weighted by Crippen LogP contribution is 2.32. The highest BCUT2D eigenvalue weighted by Gasteiger charge is 2.39. The van der Waals surface area contributed by atoms with Crippen molar-refractivity contribution in [2.75, 3.05) is 5.32 Å². The van der Waals surface area contributed by atoms with Gasteiger partial charge in [-0.05, 0) is 41.5 Å². The largest absolute Gasteiger partial charge is 0.350 e. The van der Waals surface area contributed by atoms with Gasteiger partial charge in [0.1, 0.15) is 11.5 Å². The number of rotatable bonds is 5. The Morgan fingerprint density at radius 1 is 0.862 bits per heavy atom. The Morgan fingerprint density at radius 2 is 1.59 bits per heavy atom. The molecule has 0 bridgehead atoms. The lowest BCUT2D eigenvalue weighted by atomic mass is 10.0. The van der Waals surface area contributed by atoms with E-state index >= 15 is 0 Å². The van der Waals surface area contributed by atoms with Crippen LogP contribution < -0.4 is 5.32 Å². The van der Waals surface area contributed by atoms with Crippen LogP contribution in [0.3, 0.4) is 0 Å². The molecule has 4 nitrogen and oxygen atoms in total. The molecule has 0 radical (unpaired) electrons. The molecule has 29 heavy (non-hydrogen) atoms. The van der Waals surface area contributed by atoms with Gasteiger partial charge in [-0.1, -0.05) is 60.1 Å². The minimum absolute atomic E-state index is 0.110. The van der Waals surface area contributed by atoms with E-state index in [9.17, 15) is 14.0 Å². The normalized spacial score (nSPS) is 13.9. The van der Waals surface area contributed by atoms with Crippen LogP contribution in [0.4, 0.5) is 10.1 Å². The quantitative estimate of drug-likeness (QED) is 0.615. The fourth-order valence-corrected chi connectivity index (χ4v) is 3.32. The van der Waals surface area contributed by atoms with E-state index < -0.39 is 17.6 Å². The second kappa shape index (κ2) is 7.89. The number of anilines is 1. The first kappa shape index (κ1) is 18.9. The Kier molecular flexibility index (Phi) is 5.14. The number of halogens is 2. The van der Waals surface area contributed by atoms with E-state index in [2.05, 4.69) is 5.32 Å². The van der Waals surface area contributed by atoms with Crippen molar-refractivity contribution in [3.63, 3.8) is 0 Å². The van der Waals surface area contributed by atoms with Gasteiger partial charge in [0.25, 0.3) is 11.8 Å². The van der Waals surface area contributed by atoms with Crippen LogP contribution in [0.15, 0.2) is 84.6 Å². The number of nitrogens with one attached hydrogen (secondary N) is 1. The van der Waals surface area contributed by atoms with Crippen molar-refractivity contribution in [3.05, 3.63) is 107 Å². The van der Waals surface area contributed by atoms with Crippen LogP contribution in [0.2, 0.25) is 5.02 Å². The molecule has 1 aliphatic heterocycles. The summed E-state index contributed by atoms with van der Waals surface area (Å²) < 4.78 is 13.6. The molecular weight excluding hydrogens is 391 g/mol. The molecule has 0 atom stereocenters. The Morgan fingerprint density at radius 3 is 2.28 bits per heavy atom. The molecule has 0 fully saturated rings. The predicted octanol–water partition coefficient (Wildman–Crippen LogP) is 4.87. The van der Waals surface area contributed by atoms with Crippen molar-refractivity contribution < 1.29 is 14.0 Å². The summed E-state index contributed by atoms with van der Waals surface area (Å²) in [5.41, 5.74) is 2.11. The molecule has 3 aromatic rings. The maximum Gasteiger partial charge on any atom is 0.278 e. The van der Waals surface area contributed by atoms with E-state index in [1.54, 1.807) is 30.3 Å². The maximum atomic E-state index is 13.6. The molecular formula is C23H16ClFN2O2. The molecule has 4 rings (SSSR count). The third-order valence-corrected chi connectivity index (χ3v) is 4.83. The van der Waals surface area contributed by atoms with Crippen molar-refractivity contribution >= 4 is 34.7 Å². The van der Waals surface area contributed by atoms with Crippen LogP contribution in [0.5, 0.6) is 0 Å². The third-order valence-electron chi connectivity index (χ3n) is 4.58. The number of amides is 2. The van der Waals surface area contributed by atoms with Crippen LogP contribution in [-0.2, 0) is 16.1 Å². The zero-order valence-corrected chi connectivity index (χ0v) is 16.0. The van der Waals surface area contributed by atoms with Gasteiger partial charge in [0.15, 0.2) is 0 Å². The molecule has 2 amide bonds. The average molecular weight is 407 g/mol. The van der Waals surface area contributed by atoms with Crippen LogP contribution in [0.25, 0.3) is 5.57 Å². The Hall–Kier alpha value is -3.44. The van der Waals surface area contributed by atoms with E-state index in [-0.39, 0.29) is 17.8 Å². The molecule has 3 aromatic carbocycles. The minimum Gasteiger partial charge on any atom is -0.350 e.